The smallest absolute Gasteiger partial charge is 0.315 e. The molecule has 0 unspecified atom stereocenters. The van der Waals surface area contributed by atoms with Crippen molar-refractivity contribution < 1.29 is 9.53 Å². The number of esters is 1. The van der Waals surface area contributed by atoms with Gasteiger partial charge < -0.3 is 4.74 Å². The van der Waals surface area contributed by atoms with Crippen molar-refractivity contribution in [1.29, 1.82) is 0 Å². The SMILES string of the molecule is CC(C)c1ccc2c(c1)OC(=O)C2. The van der Waals surface area contributed by atoms with E-state index in [1.807, 2.05) is 12.1 Å². The van der Waals surface area contributed by atoms with E-state index in [9.17, 15) is 4.79 Å². The molecule has 0 aromatic heterocycles. The molecule has 0 bridgehead atoms. The van der Waals surface area contributed by atoms with Crippen molar-refractivity contribution in [2.75, 3.05) is 0 Å². The average molecular weight is 176 g/mol. The van der Waals surface area contributed by atoms with E-state index in [1.165, 1.54) is 5.56 Å². The van der Waals surface area contributed by atoms with Crippen LogP contribution in [0.2, 0.25) is 0 Å². The number of rotatable bonds is 1. The van der Waals surface area contributed by atoms with Crippen molar-refractivity contribution in [2.45, 2.75) is 26.2 Å². The highest BCUT2D eigenvalue weighted by Gasteiger charge is 2.20. The fourth-order valence-electron chi connectivity index (χ4n) is 1.49. The van der Waals surface area contributed by atoms with Gasteiger partial charge >= 0.3 is 5.97 Å². The lowest BCUT2D eigenvalue weighted by atomic mass is 10.0. The minimum atomic E-state index is -0.143. The molecule has 0 radical (unpaired) electrons. The second-order valence-corrected chi connectivity index (χ2v) is 3.67. The molecule has 0 spiro atoms. The van der Waals surface area contributed by atoms with Crippen molar-refractivity contribution in [2.24, 2.45) is 0 Å². The van der Waals surface area contributed by atoms with Gasteiger partial charge in [-0.05, 0) is 17.5 Å². The molecule has 2 nitrogen and oxygen atoms in total. The third-order valence-corrected chi connectivity index (χ3v) is 2.32. The Balaban J connectivity index is 2.40. The van der Waals surface area contributed by atoms with Crippen molar-refractivity contribution in [3.8, 4) is 5.75 Å². The number of ether oxygens (including phenoxy) is 1. The molecule has 1 aromatic carbocycles. The first kappa shape index (κ1) is 8.30. The monoisotopic (exact) mass is 176 g/mol. The van der Waals surface area contributed by atoms with Gasteiger partial charge in [-0.25, -0.2) is 0 Å². The quantitative estimate of drug-likeness (QED) is 0.484. The summed E-state index contributed by atoms with van der Waals surface area (Å²) in [6.07, 6.45) is 0.424. The highest BCUT2D eigenvalue weighted by molar-refractivity contribution is 5.81. The Kier molecular flexibility index (Phi) is 1.83. The van der Waals surface area contributed by atoms with Crippen LogP contribution in [0.4, 0.5) is 0 Å². The summed E-state index contributed by atoms with van der Waals surface area (Å²) in [5.74, 6) is 1.08. The predicted octanol–water partition coefficient (Wildman–Crippen LogP) is 2.27. The van der Waals surface area contributed by atoms with Crippen molar-refractivity contribution in [1.82, 2.24) is 0 Å². The first-order chi connectivity index (χ1) is 6.16. The van der Waals surface area contributed by atoms with Crippen molar-refractivity contribution in [3.63, 3.8) is 0 Å². The zero-order chi connectivity index (χ0) is 9.42. The molecule has 0 saturated heterocycles. The highest BCUT2D eigenvalue weighted by atomic mass is 16.5. The van der Waals surface area contributed by atoms with Gasteiger partial charge in [-0.1, -0.05) is 26.0 Å². The van der Waals surface area contributed by atoms with Crippen LogP contribution in [0.1, 0.15) is 30.9 Å². The normalized spacial score (nSPS) is 14.5. The van der Waals surface area contributed by atoms with Gasteiger partial charge in [0.25, 0.3) is 0 Å². The molecule has 0 saturated carbocycles. The third-order valence-electron chi connectivity index (χ3n) is 2.32. The molecule has 68 valence electrons. The van der Waals surface area contributed by atoms with Gasteiger partial charge in [0.15, 0.2) is 0 Å². The van der Waals surface area contributed by atoms with Crippen LogP contribution in [-0.2, 0) is 11.2 Å². The lowest BCUT2D eigenvalue weighted by molar-refractivity contribution is -0.131. The molecule has 0 aliphatic carbocycles. The molecule has 13 heavy (non-hydrogen) atoms. The third kappa shape index (κ3) is 1.44. The molecule has 0 N–H and O–H groups in total. The first-order valence-electron chi connectivity index (χ1n) is 4.50. The Hall–Kier alpha value is -1.31. The Morgan fingerprint density at radius 3 is 2.85 bits per heavy atom. The Bertz CT molecular complexity index is 353. The van der Waals surface area contributed by atoms with Gasteiger partial charge in [0.2, 0.25) is 0 Å². The van der Waals surface area contributed by atoms with E-state index in [1.54, 1.807) is 0 Å². The fourth-order valence-corrected chi connectivity index (χ4v) is 1.49. The Morgan fingerprint density at radius 1 is 1.38 bits per heavy atom. The van der Waals surface area contributed by atoms with E-state index in [-0.39, 0.29) is 5.97 Å². The van der Waals surface area contributed by atoms with Gasteiger partial charge in [0.1, 0.15) is 5.75 Å². The van der Waals surface area contributed by atoms with Crippen molar-refractivity contribution >= 4 is 5.97 Å². The lowest BCUT2D eigenvalue weighted by Gasteiger charge is -2.06. The molecule has 2 heteroatoms. The second kappa shape index (κ2) is 2.87. The van der Waals surface area contributed by atoms with Gasteiger partial charge in [-0.2, -0.15) is 0 Å². The van der Waals surface area contributed by atoms with Crippen LogP contribution >= 0.6 is 0 Å². The number of benzene rings is 1. The van der Waals surface area contributed by atoms with Crippen LogP contribution < -0.4 is 4.74 Å². The summed E-state index contributed by atoms with van der Waals surface area (Å²) in [6, 6.07) is 6.01. The van der Waals surface area contributed by atoms with Crippen LogP contribution in [0.3, 0.4) is 0 Å². The van der Waals surface area contributed by atoms with Gasteiger partial charge in [-0.15, -0.1) is 0 Å². The molecular weight excluding hydrogens is 164 g/mol. The average Bonchev–Trinajstić information content (AvgIpc) is 2.42. The van der Waals surface area contributed by atoms with E-state index >= 15 is 0 Å². The van der Waals surface area contributed by atoms with Crippen LogP contribution in [0.5, 0.6) is 5.75 Å². The highest BCUT2D eigenvalue weighted by Crippen LogP contribution is 2.29. The molecule has 1 aliphatic heterocycles. The maximum atomic E-state index is 11.0. The molecular formula is C11H12O2. The summed E-state index contributed by atoms with van der Waals surface area (Å²) in [5.41, 5.74) is 2.22. The molecule has 2 rings (SSSR count). The zero-order valence-corrected chi connectivity index (χ0v) is 7.83. The Labute approximate surface area is 77.5 Å². The second-order valence-electron chi connectivity index (χ2n) is 3.67. The minimum Gasteiger partial charge on any atom is -0.426 e. The topological polar surface area (TPSA) is 26.3 Å². The number of fused-ring (bicyclic) bond motifs is 1. The number of hydrogen-bond acceptors (Lipinski definition) is 2. The van der Waals surface area contributed by atoms with Crippen LogP contribution in [0.25, 0.3) is 0 Å². The molecule has 1 heterocycles. The molecule has 0 atom stereocenters. The van der Waals surface area contributed by atoms with Gasteiger partial charge in [0.05, 0.1) is 6.42 Å². The van der Waals surface area contributed by atoms with E-state index in [0.29, 0.717) is 12.3 Å². The Morgan fingerprint density at radius 2 is 2.15 bits per heavy atom. The van der Waals surface area contributed by atoms with E-state index in [4.69, 9.17) is 4.74 Å². The molecule has 1 aromatic rings. The summed E-state index contributed by atoms with van der Waals surface area (Å²) in [5, 5.41) is 0. The first-order valence-corrected chi connectivity index (χ1v) is 4.50. The van der Waals surface area contributed by atoms with E-state index < -0.39 is 0 Å². The molecule has 0 fully saturated rings. The largest absolute Gasteiger partial charge is 0.426 e. The summed E-state index contributed by atoms with van der Waals surface area (Å²) in [4.78, 5) is 11.0. The maximum absolute atomic E-state index is 11.0. The minimum absolute atomic E-state index is 0.143. The number of hydrogen-bond donors (Lipinski definition) is 0. The summed E-state index contributed by atoms with van der Waals surface area (Å²) >= 11 is 0. The van der Waals surface area contributed by atoms with Crippen LogP contribution in [0, 0.1) is 0 Å². The van der Waals surface area contributed by atoms with Gasteiger partial charge in [-0.3, -0.25) is 4.79 Å². The zero-order valence-electron chi connectivity index (χ0n) is 7.83. The van der Waals surface area contributed by atoms with Crippen molar-refractivity contribution in [3.05, 3.63) is 29.3 Å². The van der Waals surface area contributed by atoms with Crippen LogP contribution in [-0.4, -0.2) is 5.97 Å². The lowest BCUT2D eigenvalue weighted by Crippen LogP contribution is -2.00. The predicted molar refractivity (Wildman–Crippen MR) is 49.9 cm³/mol. The van der Waals surface area contributed by atoms with Crippen LogP contribution in [0.15, 0.2) is 18.2 Å². The summed E-state index contributed by atoms with van der Waals surface area (Å²) < 4.78 is 5.06. The molecule has 1 aliphatic rings. The number of carbonyl (C=O) groups excluding carboxylic acids is 1. The van der Waals surface area contributed by atoms with E-state index in [0.717, 1.165) is 11.3 Å². The maximum Gasteiger partial charge on any atom is 0.315 e. The standard InChI is InChI=1S/C11H12O2/c1-7(2)8-3-4-9-6-11(12)13-10(9)5-8/h3-5,7H,6H2,1-2H3. The van der Waals surface area contributed by atoms with Gasteiger partial charge in [0, 0.05) is 5.56 Å². The fraction of sp³-hybridized carbons (Fsp3) is 0.364. The number of carbonyl (C=O) groups is 1. The summed E-state index contributed by atoms with van der Waals surface area (Å²) in [6.45, 7) is 4.25. The van der Waals surface area contributed by atoms with E-state index in [2.05, 4.69) is 19.9 Å². The summed E-state index contributed by atoms with van der Waals surface area (Å²) in [7, 11) is 0. The molecule has 0 amide bonds.